The minimum absolute atomic E-state index is 0.254. The summed E-state index contributed by atoms with van der Waals surface area (Å²) in [6, 6.07) is 7.96. The number of amides is 1. The third-order valence-corrected chi connectivity index (χ3v) is 5.98. The Bertz CT molecular complexity index is 1010. The molecule has 0 radical (unpaired) electrons. The van der Waals surface area contributed by atoms with Crippen molar-refractivity contribution in [1.29, 1.82) is 0 Å². The highest BCUT2D eigenvalue weighted by Crippen LogP contribution is 2.32. The van der Waals surface area contributed by atoms with Crippen molar-refractivity contribution < 1.29 is 23.1 Å². The number of rotatable bonds is 4. The molecule has 2 aromatic rings. The lowest BCUT2D eigenvalue weighted by Crippen LogP contribution is -2.31. The number of fused-ring (bicyclic) bond motifs is 1. The van der Waals surface area contributed by atoms with Crippen LogP contribution in [0.25, 0.3) is 6.08 Å². The highest BCUT2D eigenvalue weighted by atomic mass is 19.4. The van der Waals surface area contributed by atoms with Gasteiger partial charge in [0.15, 0.2) is 0 Å². The van der Waals surface area contributed by atoms with Crippen LogP contribution in [0.2, 0.25) is 0 Å². The molecule has 1 fully saturated rings. The molecule has 1 amide bonds. The molecular formula is C24H26F3N3O2. The predicted molar refractivity (Wildman–Crippen MR) is 117 cm³/mol. The van der Waals surface area contributed by atoms with E-state index in [4.69, 9.17) is 0 Å². The fourth-order valence-electron chi connectivity index (χ4n) is 4.33. The summed E-state index contributed by atoms with van der Waals surface area (Å²) < 4.78 is 39.6. The number of piperidine rings is 1. The van der Waals surface area contributed by atoms with Crippen molar-refractivity contribution in [3.8, 4) is 0 Å². The zero-order chi connectivity index (χ0) is 22.7. The van der Waals surface area contributed by atoms with Gasteiger partial charge in [0.05, 0.1) is 6.10 Å². The van der Waals surface area contributed by atoms with Crippen LogP contribution in [-0.4, -0.2) is 35.2 Å². The van der Waals surface area contributed by atoms with E-state index in [0.717, 1.165) is 42.9 Å². The molecule has 8 heteroatoms. The van der Waals surface area contributed by atoms with Gasteiger partial charge in [-0.3, -0.25) is 4.79 Å². The molecule has 1 aromatic heterocycles. The number of nitrogens with one attached hydrogen (secondary N) is 1. The highest BCUT2D eigenvalue weighted by molar-refractivity contribution is 6.02. The number of aliphatic hydroxyl groups is 1. The number of halogens is 3. The van der Waals surface area contributed by atoms with Gasteiger partial charge in [-0.2, -0.15) is 13.2 Å². The first-order valence-corrected chi connectivity index (χ1v) is 10.9. The number of nitrogens with zero attached hydrogens (tertiary/aromatic N) is 2. The van der Waals surface area contributed by atoms with Gasteiger partial charge in [-0.25, -0.2) is 4.98 Å². The summed E-state index contributed by atoms with van der Waals surface area (Å²) in [5, 5.41) is 12.8. The molecule has 5 nitrogen and oxygen atoms in total. The third-order valence-electron chi connectivity index (χ3n) is 5.98. The Kier molecular flexibility index (Phi) is 6.50. The maximum absolute atomic E-state index is 13.2. The number of carbonyl (C=O) groups excluding carboxylic acids is 1. The fraction of sp³-hybridized carbons (Fsp3) is 0.417. The minimum atomic E-state index is -4.53. The Labute approximate surface area is 185 Å². The molecule has 1 aromatic carbocycles. The summed E-state index contributed by atoms with van der Waals surface area (Å²) in [4.78, 5) is 18.3. The number of benzene rings is 1. The van der Waals surface area contributed by atoms with E-state index in [1.54, 1.807) is 6.07 Å². The van der Waals surface area contributed by atoms with Crippen molar-refractivity contribution in [2.24, 2.45) is 0 Å². The second kappa shape index (κ2) is 9.32. The van der Waals surface area contributed by atoms with E-state index in [-0.39, 0.29) is 11.7 Å². The number of anilines is 2. The summed E-state index contributed by atoms with van der Waals surface area (Å²) in [5.74, 6) is -0.133. The Morgan fingerprint density at radius 3 is 2.69 bits per heavy atom. The van der Waals surface area contributed by atoms with Crippen molar-refractivity contribution in [3.63, 3.8) is 0 Å². The van der Waals surface area contributed by atoms with E-state index in [1.807, 2.05) is 17.0 Å². The van der Waals surface area contributed by atoms with E-state index >= 15 is 0 Å². The van der Waals surface area contributed by atoms with Crippen LogP contribution in [0.3, 0.4) is 0 Å². The fourth-order valence-corrected chi connectivity index (χ4v) is 4.33. The van der Waals surface area contributed by atoms with E-state index < -0.39 is 18.0 Å². The van der Waals surface area contributed by atoms with Crippen molar-refractivity contribution >= 4 is 23.5 Å². The van der Waals surface area contributed by atoms with Gasteiger partial charge in [-0.05, 0) is 67.5 Å². The molecule has 32 heavy (non-hydrogen) atoms. The van der Waals surface area contributed by atoms with E-state index in [2.05, 4.69) is 10.3 Å². The van der Waals surface area contributed by atoms with Crippen LogP contribution in [0.15, 0.2) is 36.4 Å². The van der Waals surface area contributed by atoms with Gasteiger partial charge in [-0.1, -0.05) is 12.1 Å². The van der Waals surface area contributed by atoms with Gasteiger partial charge in [0.25, 0.3) is 0 Å². The van der Waals surface area contributed by atoms with Gasteiger partial charge in [0.2, 0.25) is 5.91 Å². The zero-order valence-corrected chi connectivity index (χ0v) is 17.7. The van der Waals surface area contributed by atoms with Gasteiger partial charge < -0.3 is 15.3 Å². The molecule has 1 aliphatic carbocycles. The van der Waals surface area contributed by atoms with Crippen LogP contribution in [-0.2, 0) is 23.8 Å². The normalized spacial score (nSPS) is 19.1. The molecule has 2 N–H and O–H groups in total. The molecule has 1 unspecified atom stereocenters. The highest BCUT2D eigenvalue weighted by Gasteiger charge is 2.33. The van der Waals surface area contributed by atoms with Crippen LogP contribution in [0.5, 0.6) is 0 Å². The molecule has 0 spiro atoms. The molecule has 1 atom stereocenters. The number of hydrogen-bond acceptors (Lipinski definition) is 4. The lowest BCUT2D eigenvalue weighted by molar-refractivity contribution is -0.141. The van der Waals surface area contributed by atoms with Crippen LogP contribution >= 0.6 is 0 Å². The summed E-state index contributed by atoms with van der Waals surface area (Å²) in [6.45, 7) is 1.28. The lowest BCUT2D eigenvalue weighted by atomic mass is 9.88. The maximum Gasteiger partial charge on any atom is 0.433 e. The number of aromatic nitrogens is 1. The number of aryl methyl sites for hydroxylation is 1. The Balaban J connectivity index is 1.56. The summed E-state index contributed by atoms with van der Waals surface area (Å²) in [5.41, 5.74) is 2.22. The number of alkyl halides is 3. The molecule has 2 aliphatic rings. The quantitative estimate of drug-likeness (QED) is 0.676. The molecule has 170 valence electrons. The smallest absolute Gasteiger partial charge is 0.393 e. The number of pyridine rings is 1. The lowest BCUT2D eigenvalue weighted by Gasteiger charge is -2.29. The number of hydrogen-bond donors (Lipinski definition) is 2. The molecule has 2 heterocycles. The van der Waals surface area contributed by atoms with Crippen LogP contribution in [0.1, 0.15) is 48.1 Å². The van der Waals surface area contributed by atoms with Crippen LogP contribution < -0.4 is 10.2 Å². The van der Waals surface area contributed by atoms with Gasteiger partial charge in [0.1, 0.15) is 11.5 Å². The molecule has 4 rings (SSSR count). The maximum atomic E-state index is 13.2. The largest absolute Gasteiger partial charge is 0.433 e. The minimum Gasteiger partial charge on any atom is -0.393 e. The second-order valence-corrected chi connectivity index (χ2v) is 8.32. The average molecular weight is 445 g/mol. The topological polar surface area (TPSA) is 65.5 Å². The van der Waals surface area contributed by atoms with Crippen molar-refractivity contribution in [2.75, 3.05) is 23.3 Å². The first kappa shape index (κ1) is 22.3. The molecule has 1 saturated heterocycles. The van der Waals surface area contributed by atoms with Crippen LogP contribution in [0, 0.1) is 0 Å². The molecule has 1 aliphatic heterocycles. The van der Waals surface area contributed by atoms with Crippen molar-refractivity contribution in [3.05, 3.63) is 58.8 Å². The standard InChI is InChI=1S/C24H26F3N3O2/c25-24(26,27)21-11-8-17(23(29-21)30-13-2-1-3-14-30)9-12-22(32)28-20-6-4-5-16-7-10-18(31)15-19(16)20/h4-6,8-9,11-12,18,31H,1-3,7,10,13-15H2,(H,28,32). The van der Waals surface area contributed by atoms with Gasteiger partial charge in [0, 0.05) is 36.8 Å². The zero-order valence-electron chi connectivity index (χ0n) is 17.7. The SMILES string of the molecule is O=C(C=Cc1ccc(C(F)(F)F)nc1N1CCCCC1)Nc1cccc2c1CC(O)CC2. The predicted octanol–water partition coefficient (Wildman–Crippen LogP) is 4.59. The number of carbonyl (C=O) groups is 1. The van der Waals surface area contributed by atoms with Crippen LogP contribution in [0.4, 0.5) is 24.7 Å². The Morgan fingerprint density at radius 1 is 1.16 bits per heavy atom. The Morgan fingerprint density at radius 2 is 1.94 bits per heavy atom. The van der Waals surface area contributed by atoms with Crippen molar-refractivity contribution in [2.45, 2.75) is 50.8 Å². The van der Waals surface area contributed by atoms with E-state index in [9.17, 15) is 23.1 Å². The molecule has 0 saturated carbocycles. The molecular weight excluding hydrogens is 419 g/mol. The first-order chi connectivity index (χ1) is 15.3. The number of aliphatic hydroxyl groups excluding tert-OH is 1. The second-order valence-electron chi connectivity index (χ2n) is 8.32. The average Bonchev–Trinajstić information content (AvgIpc) is 2.78. The monoisotopic (exact) mass is 445 g/mol. The van der Waals surface area contributed by atoms with Gasteiger partial charge >= 0.3 is 6.18 Å². The summed E-state index contributed by atoms with van der Waals surface area (Å²) >= 11 is 0. The summed E-state index contributed by atoms with van der Waals surface area (Å²) in [6.07, 6.45) is 2.64. The van der Waals surface area contributed by atoms with Gasteiger partial charge in [-0.15, -0.1) is 0 Å². The third kappa shape index (κ3) is 5.12. The molecule has 0 bridgehead atoms. The van der Waals surface area contributed by atoms with E-state index in [0.29, 0.717) is 37.2 Å². The Hall–Kier alpha value is -2.87. The van der Waals surface area contributed by atoms with Crippen molar-refractivity contribution in [1.82, 2.24) is 4.98 Å². The first-order valence-electron chi connectivity index (χ1n) is 10.9. The van der Waals surface area contributed by atoms with E-state index in [1.165, 1.54) is 18.2 Å². The summed E-state index contributed by atoms with van der Waals surface area (Å²) in [7, 11) is 0.